The van der Waals surface area contributed by atoms with E-state index in [-0.39, 0.29) is 28.8 Å². The quantitative estimate of drug-likeness (QED) is 0.542. The van der Waals surface area contributed by atoms with E-state index in [1.54, 1.807) is 0 Å². The first-order valence-electron chi connectivity index (χ1n) is 8.70. The Morgan fingerprint density at radius 2 is 1.90 bits per heavy atom. The Labute approximate surface area is 178 Å². The molecule has 0 aliphatic rings. The molecule has 0 fully saturated rings. The van der Waals surface area contributed by atoms with Crippen molar-refractivity contribution < 1.29 is 32.2 Å². The van der Waals surface area contributed by atoms with E-state index in [4.69, 9.17) is 11.6 Å². The summed E-state index contributed by atoms with van der Waals surface area (Å²) in [5, 5.41) is 3.06. The number of ether oxygens (including phenoxy) is 2. The van der Waals surface area contributed by atoms with Gasteiger partial charge in [0, 0.05) is 12.7 Å². The van der Waals surface area contributed by atoms with E-state index < -0.39 is 18.2 Å². The maximum absolute atomic E-state index is 12.6. The lowest BCUT2D eigenvalue weighted by molar-refractivity contribution is -0.274. The fourth-order valence-electron chi connectivity index (χ4n) is 2.67. The Bertz CT molecular complexity index is 1120. The van der Waals surface area contributed by atoms with Crippen molar-refractivity contribution in [3.05, 3.63) is 47.0 Å². The Balaban J connectivity index is 1.78. The van der Waals surface area contributed by atoms with Gasteiger partial charge >= 0.3 is 12.3 Å². The molecular weight excluding hydrogens is 441 g/mol. The number of carbonyl (C=O) groups is 2. The van der Waals surface area contributed by atoms with Gasteiger partial charge in [0.05, 0.1) is 28.7 Å². The highest BCUT2D eigenvalue weighted by Gasteiger charge is 2.31. The van der Waals surface area contributed by atoms with Crippen LogP contribution >= 0.6 is 11.6 Å². The van der Waals surface area contributed by atoms with Gasteiger partial charge in [0.15, 0.2) is 0 Å². The Kier molecular flexibility index (Phi) is 6.25. The molecule has 1 amide bonds. The summed E-state index contributed by atoms with van der Waals surface area (Å²) in [5.74, 6) is -1.14. The maximum atomic E-state index is 12.6. The van der Waals surface area contributed by atoms with Crippen LogP contribution in [0.15, 0.2) is 36.4 Å². The number of rotatable bonds is 6. The molecule has 164 valence electrons. The number of esters is 1. The number of nitrogens with zero attached hydrogens (tertiary/aromatic N) is 2. The zero-order chi connectivity index (χ0) is 22.8. The summed E-state index contributed by atoms with van der Waals surface area (Å²) >= 11 is 6.21. The molecule has 0 aliphatic carbocycles. The highest BCUT2D eigenvalue weighted by atomic mass is 35.5. The first-order chi connectivity index (χ1) is 14.6. The third-order valence-electron chi connectivity index (χ3n) is 4.09. The van der Waals surface area contributed by atoms with Crippen molar-refractivity contribution in [1.29, 1.82) is 0 Å². The van der Waals surface area contributed by atoms with Crippen LogP contribution in [0.3, 0.4) is 0 Å². The van der Waals surface area contributed by atoms with Gasteiger partial charge < -0.3 is 24.7 Å². The summed E-state index contributed by atoms with van der Waals surface area (Å²) in [4.78, 5) is 32.4. The number of nitrogens with one attached hydrogen (secondary N) is 2. The van der Waals surface area contributed by atoms with Crippen molar-refractivity contribution in [2.45, 2.75) is 6.36 Å². The maximum Gasteiger partial charge on any atom is 0.573 e. The Hall–Kier alpha value is -3.47. The first-order valence-corrected chi connectivity index (χ1v) is 9.08. The molecule has 12 heteroatoms. The summed E-state index contributed by atoms with van der Waals surface area (Å²) in [6, 6.07) is 8.06. The lowest BCUT2D eigenvalue weighted by Crippen LogP contribution is -2.32. The van der Waals surface area contributed by atoms with Crippen LogP contribution in [0.25, 0.3) is 11.0 Å². The molecule has 31 heavy (non-hydrogen) atoms. The number of benzene rings is 2. The molecule has 0 spiro atoms. The van der Waals surface area contributed by atoms with E-state index in [0.717, 1.165) is 17.0 Å². The van der Waals surface area contributed by atoms with Crippen molar-refractivity contribution in [3.8, 4) is 5.75 Å². The van der Waals surface area contributed by atoms with Gasteiger partial charge in [0.1, 0.15) is 12.3 Å². The lowest BCUT2D eigenvalue weighted by atomic mass is 10.1. The molecular formula is C19H16ClF3N4O4. The number of likely N-dealkylation sites (N-methyl/N-ethyl adjacent to an activating group) is 1. The second kappa shape index (κ2) is 8.72. The number of aromatic nitrogens is 2. The first kappa shape index (κ1) is 22.2. The van der Waals surface area contributed by atoms with E-state index in [9.17, 15) is 22.8 Å². The summed E-state index contributed by atoms with van der Waals surface area (Å²) in [7, 11) is 2.65. The number of methoxy groups -OCH3 is 1. The van der Waals surface area contributed by atoms with Gasteiger partial charge in [-0.1, -0.05) is 11.6 Å². The fourth-order valence-corrected chi connectivity index (χ4v) is 2.91. The van der Waals surface area contributed by atoms with Gasteiger partial charge in [0.2, 0.25) is 5.95 Å². The molecule has 0 aliphatic heterocycles. The van der Waals surface area contributed by atoms with Crippen LogP contribution in [0.2, 0.25) is 5.02 Å². The minimum absolute atomic E-state index is 0.146. The largest absolute Gasteiger partial charge is 0.573 e. The van der Waals surface area contributed by atoms with Gasteiger partial charge in [-0.05, 0) is 36.4 Å². The Morgan fingerprint density at radius 3 is 2.52 bits per heavy atom. The minimum atomic E-state index is -4.77. The number of aromatic amines is 1. The van der Waals surface area contributed by atoms with E-state index in [0.29, 0.717) is 16.7 Å². The smallest absolute Gasteiger partial charge is 0.468 e. The molecule has 1 heterocycles. The zero-order valence-corrected chi connectivity index (χ0v) is 17.0. The van der Waals surface area contributed by atoms with Gasteiger partial charge in [0.25, 0.3) is 5.91 Å². The van der Waals surface area contributed by atoms with Crippen molar-refractivity contribution in [1.82, 2.24) is 14.9 Å². The van der Waals surface area contributed by atoms with E-state index >= 15 is 0 Å². The topological polar surface area (TPSA) is 96.6 Å². The van der Waals surface area contributed by atoms with E-state index in [2.05, 4.69) is 24.8 Å². The second-order valence-electron chi connectivity index (χ2n) is 6.37. The van der Waals surface area contributed by atoms with Crippen LogP contribution in [0, 0.1) is 0 Å². The lowest BCUT2D eigenvalue weighted by Gasteiger charge is -2.16. The molecule has 0 unspecified atom stereocenters. The van der Waals surface area contributed by atoms with Crippen LogP contribution in [0.1, 0.15) is 10.4 Å². The number of halogens is 4. The van der Waals surface area contributed by atoms with Crippen LogP contribution in [0.4, 0.5) is 24.8 Å². The van der Waals surface area contributed by atoms with Crippen LogP contribution in [-0.4, -0.2) is 53.8 Å². The summed E-state index contributed by atoms with van der Waals surface area (Å²) in [6.07, 6.45) is -4.77. The predicted molar refractivity (Wildman–Crippen MR) is 106 cm³/mol. The summed E-state index contributed by atoms with van der Waals surface area (Å²) < 4.78 is 45.1. The number of alkyl halides is 3. The third-order valence-corrected chi connectivity index (χ3v) is 4.41. The van der Waals surface area contributed by atoms with E-state index in [1.165, 1.54) is 38.4 Å². The average Bonchev–Trinajstić information content (AvgIpc) is 3.07. The molecule has 2 N–H and O–H groups in total. The van der Waals surface area contributed by atoms with Crippen molar-refractivity contribution >= 4 is 46.1 Å². The minimum Gasteiger partial charge on any atom is -0.468 e. The van der Waals surface area contributed by atoms with Crippen LogP contribution in [-0.2, 0) is 9.53 Å². The molecule has 3 aromatic rings. The molecule has 0 atom stereocenters. The normalized spacial score (nSPS) is 11.3. The van der Waals surface area contributed by atoms with Crippen molar-refractivity contribution in [3.63, 3.8) is 0 Å². The number of H-pyrrole nitrogens is 1. The standard InChI is InChI=1S/C19H16ClF3N4O4/c1-27(9-16(28)30-2)17(29)12-7-14-15(8-13(12)20)26-18(25-14)24-10-3-5-11(6-4-10)31-19(21,22)23/h3-8H,9H2,1-2H3,(H2,24,25,26). The second-order valence-corrected chi connectivity index (χ2v) is 6.78. The fraction of sp³-hybridized carbons (Fsp3) is 0.211. The molecule has 3 rings (SSSR count). The highest BCUT2D eigenvalue weighted by molar-refractivity contribution is 6.34. The van der Waals surface area contributed by atoms with Crippen molar-refractivity contribution in [2.75, 3.05) is 26.0 Å². The number of anilines is 2. The number of amides is 1. The average molecular weight is 457 g/mol. The number of fused-ring (bicyclic) bond motifs is 1. The number of carbonyl (C=O) groups excluding carboxylic acids is 2. The molecule has 8 nitrogen and oxygen atoms in total. The monoisotopic (exact) mass is 456 g/mol. The third kappa shape index (κ3) is 5.57. The van der Waals surface area contributed by atoms with Gasteiger partial charge in [-0.15, -0.1) is 13.2 Å². The van der Waals surface area contributed by atoms with Crippen LogP contribution in [0.5, 0.6) is 5.75 Å². The van der Waals surface area contributed by atoms with Crippen LogP contribution < -0.4 is 10.1 Å². The molecule has 2 aromatic carbocycles. The Morgan fingerprint density at radius 1 is 1.23 bits per heavy atom. The van der Waals surface area contributed by atoms with E-state index in [1.807, 2.05) is 0 Å². The summed E-state index contributed by atoms with van der Waals surface area (Å²) in [6.45, 7) is -0.245. The SMILES string of the molecule is COC(=O)CN(C)C(=O)c1cc2nc(Nc3ccc(OC(F)(F)F)cc3)[nH]c2cc1Cl. The van der Waals surface area contributed by atoms with Crippen molar-refractivity contribution in [2.24, 2.45) is 0 Å². The number of hydrogen-bond donors (Lipinski definition) is 2. The molecule has 1 aromatic heterocycles. The molecule has 0 saturated heterocycles. The molecule has 0 saturated carbocycles. The van der Waals surface area contributed by atoms with Gasteiger partial charge in [-0.3, -0.25) is 9.59 Å². The molecule has 0 radical (unpaired) electrons. The van der Waals surface area contributed by atoms with Gasteiger partial charge in [-0.25, -0.2) is 4.98 Å². The summed E-state index contributed by atoms with van der Waals surface area (Å²) in [5.41, 5.74) is 1.54. The highest BCUT2D eigenvalue weighted by Crippen LogP contribution is 2.27. The van der Waals surface area contributed by atoms with Gasteiger partial charge in [-0.2, -0.15) is 0 Å². The predicted octanol–water partition coefficient (Wildman–Crippen LogP) is 4.10. The molecule has 0 bridgehead atoms. The zero-order valence-electron chi connectivity index (χ0n) is 16.2. The number of hydrogen-bond acceptors (Lipinski definition) is 6. The number of imidazole rings is 1.